The molecule has 1 saturated heterocycles. The van der Waals surface area contributed by atoms with Crippen LogP contribution in [0.25, 0.3) is 10.9 Å². The van der Waals surface area contributed by atoms with Crippen molar-refractivity contribution >= 4 is 28.6 Å². The van der Waals surface area contributed by atoms with Crippen LogP contribution in [0.5, 0.6) is 0 Å². The molecular formula is C35H47N5O3. The van der Waals surface area contributed by atoms with Crippen LogP contribution in [0.15, 0.2) is 42.6 Å². The van der Waals surface area contributed by atoms with Crippen molar-refractivity contribution in [3.8, 4) is 0 Å². The second-order valence-corrected chi connectivity index (χ2v) is 12.6. The van der Waals surface area contributed by atoms with E-state index in [2.05, 4.69) is 27.4 Å². The molecule has 0 spiro atoms. The molecule has 3 amide bonds. The SMILES string of the molecule is CC(=O)N(Cc1cc(C)c(C)c(C)c1)C(=O)C(Cc1c[nH]c2ccccc12)NC(=O)CN1CCNCC1C1CCCCC1. The summed E-state index contributed by atoms with van der Waals surface area (Å²) in [5.74, 6) is -0.302. The van der Waals surface area contributed by atoms with Crippen molar-refractivity contribution in [2.75, 3.05) is 26.2 Å². The third-order valence-corrected chi connectivity index (χ3v) is 9.64. The maximum Gasteiger partial charge on any atom is 0.252 e. The average molecular weight is 586 g/mol. The minimum absolute atomic E-state index is 0.165. The first-order valence-electron chi connectivity index (χ1n) is 15.9. The van der Waals surface area contributed by atoms with E-state index in [1.54, 1.807) is 0 Å². The summed E-state index contributed by atoms with van der Waals surface area (Å²) < 4.78 is 0. The van der Waals surface area contributed by atoms with Crippen molar-refractivity contribution in [3.63, 3.8) is 0 Å². The molecule has 2 unspecified atom stereocenters. The number of imide groups is 1. The Labute approximate surface area is 255 Å². The Morgan fingerprint density at radius 1 is 1.05 bits per heavy atom. The van der Waals surface area contributed by atoms with Crippen molar-refractivity contribution in [1.82, 2.24) is 25.4 Å². The fraction of sp³-hybridized carbons (Fsp3) is 0.514. The van der Waals surface area contributed by atoms with Gasteiger partial charge in [-0.25, -0.2) is 0 Å². The Hall–Kier alpha value is -3.49. The lowest BCUT2D eigenvalue weighted by molar-refractivity contribution is -0.147. The standard InChI is InChI=1S/C35H47N5O3/c1-23-16-27(17-24(2)25(23)3)21-40(26(4)41)35(43)32(18-29-19-37-31-13-9-8-12-30(29)31)38-34(42)22-39-15-14-36-20-33(39)28-10-6-5-7-11-28/h8-9,12-13,16-17,19,28,32-33,36-37H,5-7,10-11,14-15,18,20-22H2,1-4H3,(H,38,42). The quantitative estimate of drug-likeness (QED) is 0.342. The summed E-state index contributed by atoms with van der Waals surface area (Å²) in [5.41, 5.74) is 6.25. The maximum absolute atomic E-state index is 14.2. The fourth-order valence-electron chi connectivity index (χ4n) is 7.02. The van der Waals surface area contributed by atoms with Crippen LogP contribution in [-0.4, -0.2) is 70.8 Å². The highest BCUT2D eigenvalue weighted by molar-refractivity contribution is 5.99. The van der Waals surface area contributed by atoms with Crippen molar-refractivity contribution in [2.24, 2.45) is 5.92 Å². The zero-order valence-corrected chi connectivity index (χ0v) is 26.2. The van der Waals surface area contributed by atoms with Crippen LogP contribution >= 0.6 is 0 Å². The van der Waals surface area contributed by atoms with Gasteiger partial charge in [-0.2, -0.15) is 0 Å². The molecule has 2 fully saturated rings. The first-order valence-corrected chi connectivity index (χ1v) is 15.9. The lowest BCUT2D eigenvalue weighted by atomic mass is 9.82. The molecule has 1 aliphatic heterocycles. The summed E-state index contributed by atoms with van der Waals surface area (Å²) >= 11 is 0. The molecule has 8 heteroatoms. The summed E-state index contributed by atoms with van der Waals surface area (Å²) in [6.45, 7) is 10.5. The van der Waals surface area contributed by atoms with E-state index >= 15 is 0 Å². The third-order valence-electron chi connectivity index (χ3n) is 9.64. The molecule has 1 aliphatic carbocycles. The molecule has 8 nitrogen and oxygen atoms in total. The lowest BCUT2D eigenvalue weighted by Gasteiger charge is -2.42. The van der Waals surface area contributed by atoms with E-state index in [1.165, 1.54) is 49.5 Å². The molecule has 3 N–H and O–H groups in total. The van der Waals surface area contributed by atoms with E-state index in [0.717, 1.165) is 52.8 Å². The first kappa shape index (κ1) is 31.0. The third kappa shape index (κ3) is 7.36. The molecule has 2 aromatic carbocycles. The van der Waals surface area contributed by atoms with Crippen molar-refractivity contribution in [3.05, 3.63) is 70.4 Å². The molecule has 1 aromatic heterocycles. The van der Waals surface area contributed by atoms with E-state index in [-0.39, 0.29) is 37.2 Å². The zero-order valence-electron chi connectivity index (χ0n) is 26.2. The molecule has 2 aliphatic rings. The Morgan fingerprint density at radius 3 is 2.49 bits per heavy atom. The number of nitrogens with zero attached hydrogens (tertiary/aromatic N) is 2. The summed E-state index contributed by atoms with van der Waals surface area (Å²) in [7, 11) is 0. The van der Waals surface area contributed by atoms with Gasteiger partial charge >= 0.3 is 0 Å². The zero-order chi connectivity index (χ0) is 30.5. The number of benzene rings is 2. The van der Waals surface area contributed by atoms with Crippen molar-refractivity contribution < 1.29 is 14.4 Å². The molecule has 5 rings (SSSR count). The average Bonchev–Trinajstić information content (AvgIpc) is 3.41. The molecule has 2 atom stereocenters. The van der Waals surface area contributed by atoms with Gasteiger partial charge in [-0.15, -0.1) is 0 Å². The number of hydrogen-bond acceptors (Lipinski definition) is 5. The van der Waals surface area contributed by atoms with E-state index in [0.29, 0.717) is 12.0 Å². The summed E-state index contributed by atoms with van der Waals surface area (Å²) in [4.78, 5) is 47.7. The largest absolute Gasteiger partial charge is 0.361 e. The molecule has 0 radical (unpaired) electrons. The second-order valence-electron chi connectivity index (χ2n) is 12.6. The predicted molar refractivity (Wildman–Crippen MR) is 171 cm³/mol. The van der Waals surface area contributed by atoms with Crippen LogP contribution in [0.3, 0.4) is 0 Å². The second kappa shape index (κ2) is 13.9. The Kier molecular flexibility index (Phi) is 9.98. The van der Waals surface area contributed by atoms with Gasteiger partial charge in [0.25, 0.3) is 5.91 Å². The monoisotopic (exact) mass is 585 g/mol. The van der Waals surface area contributed by atoms with Gasteiger partial charge < -0.3 is 15.6 Å². The Balaban J connectivity index is 1.38. The maximum atomic E-state index is 14.2. The van der Waals surface area contributed by atoms with Gasteiger partial charge in [0.05, 0.1) is 13.1 Å². The number of aromatic nitrogens is 1. The van der Waals surface area contributed by atoms with Gasteiger partial charge in [-0.05, 0) is 73.4 Å². The molecular weight excluding hydrogens is 538 g/mol. The summed E-state index contributed by atoms with van der Waals surface area (Å²) in [6.07, 6.45) is 8.40. The number of rotatable bonds is 9. The number of nitrogens with one attached hydrogen (secondary N) is 3. The molecule has 43 heavy (non-hydrogen) atoms. The van der Waals surface area contributed by atoms with Crippen molar-refractivity contribution in [1.29, 1.82) is 0 Å². The van der Waals surface area contributed by atoms with Crippen LogP contribution in [0.2, 0.25) is 0 Å². The minimum atomic E-state index is -0.876. The van der Waals surface area contributed by atoms with Gasteiger partial charge in [0.15, 0.2) is 0 Å². The normalized spacial score (nSPS) is 18.8. The number of fused-ring (bicyclic) bond motifs is 1. The minimum Gasteiger partial charge on any atom is -0.361 e. The fourth-order valence-corrected chi connectivity index (χ4v) is 7.02. The predicted octanol–water partition coefficient (Wildman–Crippen LogP) is 4.55. The molecule has 0 bridgehead atoms. The highest BCUT2D eigenvalue weighted by Crippen LogP contribution is 2.29. The first-order chi connectivity index (χ1) is 20.7. The van der Waals surface area contributed by atoms with Gasteiger partial charge in [-0.1, -0.05) is 49.6 Å². The van der Waals surface area contributed by atoms with E-state index in [1.807, 2.05) is 56.4 Å². The molecule has 1 saturated carbocycles. The van der Waals surface area contributed by atoms with Gasteiger partial charge in [0.2, 0.25) is 11.8 Å². The van der Waals surface area contributed by atoms with Crippen LogP contribution in [0, 0.1) is 26.7 Å². The van der Waals surface area contributed by atoms with Crippen LogP contribution in [0.1, 0.15) is 66.8 Å². The summed E-state index contributed by atoms with van der Waals surface area (Å²) in [6, 6.07) is 11.5. The van der Waals surface area contributed by atoms with Crippen LogP contribution in [0.4, 0.5) is 0 Å². The number of aryl methyl sites for hydroxylation is 2. The van der Waals surface area contributed by atoms with Gasteiger partial charge in [0, 0.05) is 56.1 Å². The van der Waals surface area contributed by atoms with E-state index in [9.17, 15) is 14.4 Å². The molecule has 3 aromatic rings. The number of carbonyl (C=O) groups excluding carboxylic acids is 3. The van der Waals surface area contributed by atoms with Gasteiger partial charge in [0.1, 0.15) is 6.04 Å². The topological polar surface area (TPSA) is 97.5 Å². The Morgan fingerprint density at radius 2 is 1.77 bits per heavy atom. The Bertz CT molecular complexity index is 1430. The number of H-pyrrole nitrogens is 1. The number of hydrogen-bond donors (Lipinski definition) is 3. The molecule has 230 valence electrons. The van der Waals surface area contributed by atoms with E-state index in [4.69, 9.17) is 0 Å². The number of aromatic amines is 1. The highest BCUT2D eigenvalue weighted by Gasteiger charge is 2.34. The highest BCUT2D eigenvalue weighted by atomic mass is 16.2. The molecule has 2 heterocycles. The van der Waals surface area contributed by atoms with Crippen LogP contribution < -0.4 is 10.6 Å². The number of carbonyl (C=O) groups is 3. The smallest absolute Gasteiger partial charge is 0.252 e. The number of amides is 3. The van der Waals surface area contributed by atoms with Crippen LogP contribution in [-0.2, 0) is 27.3 Å². The lowest BCUT2D eigenvalue weighted by Crippen LogP contribution is -2.58. The van der Waals surface area contributed by atoms with E-state index < -0.39 is 6.04 Å². The van der Waals surface area contributed by atoms with Crippen molar-refractivity contribution in [2.45, 2.75) is 84.8 Å². The number of para-hydroxylation sites is 1. The summed E-state index contributed by atoms with van der Waals surface area (Å²) in [5, 5.41) is 7.62. The van der Waals surface area contributed by atoms with Gasteiger partial charge in [-0.3, -0.25) is 24.2 Å². The number of piperazine rings is 1.